The molecule has 1 saturated heterocycles. The van der Waals surface area contributed by atoms with Gasteiger partial charge in [-0.3, -0.25) is 10.1 Å². The number of nitro benzene ring substituents is 1. The van der Waals surface area contributed by atoms with Gasteiger partial charge in [0.2, 0.25) is 10.0 Å². The third-order valence-electron chi connectivity index (χ3n) is 3.99. The van der Waals surface area contributed by atoms with Crippen LogP contribution < -0.4 is 5.32 Å². The smallest absolute Gasteiger partial charge is 0.275 e. The van der Waals surface area contributed by atoms with Crippen LogP contribution in [-0.4, -0.2) is 43.8 Å². The molecular formula is C13H19Cl2N3O4S. The fourth-order valence-electron chi connectivity index (χ4n) is 2.51. The van der Waals surface area contributed by atoms with Gasteiger partial charge in [0.25, 0.3) is 5.69 Å². The summed E-state index contributed by atoms with van der Waals surface area (Å²) in [5.41, 5.74) is -0.0279. The number of rotatable bonds is 4. The molecule has 0 atom stereocenters. The minimum absolute atomic E-state index is 0. The van der Waals surface area contributed by atoms with Crippen molar-refractivity contribution >= 4 is 39.7 Å². The summed E-state index contributed by atoms with van der Waals surface area (Å²) in [6, 6.07) is 2.23. The van der Waals surface area contributed by atoms with E-state index >= 15 is 0 Å². The van der Waals surface area contributed by atoms with Gasteiger partial charge in [-0.1, -0.05) is 11.6 Å². The molecule has 1 aliphatic rings. The summed E-state index contributed by atoms with van der Waals surface area (Å²) in [6.07, 6.45) is 1.41. The van der Waals surface area contributed by atoms with Gasteiger partial charge in [-0.05, 0) is 38.9 Å². The van der Waals surface area contributed by atoms with E-state index in [2.05, 4.69) is 5.32 Å². The van der Waals surface area contributed by atoms with Gasteiger partial charge in [0, 0.05) is 24.7 Å². The Bertz CT molecular complexity index is 691. The number of nitrogens with zero attached hydrogens (tertiary/aromatic N) is 2. The first-order valence-electron chi connectivity index (χ1n) is 6.88. The second-order valence-electron chi connectivity index (χ2n) is 5.31. The maximum atomic E-state index is 12.7. The van der Waals surface area contributed by atoms with Crippen molar-refractivity contribution < 1.29 is 13.3 Å². The first-order chi connectivity index (χ1) is 10.2. The predicted molar refractivity (Wildman–Crippen MR) is 90.9 cm³/mol. The standard InChI is InChI=1S/C13H18ClN3O4S.ClH/c1-9-12(14)7-11(8-13(9)17(18)19)22(20,21)16(2)10-3-5-15-6-4-10;/h7-8,10,15H,3-6H2,1-2H3;1H. The van der Waals surface area contributed by atoms with Crippen molar-refractivity contribution in [2.24, 2.45) is 0 Å². The SMILES string of the molecule is Cc1c(Cl)cc(S(=O)(=O)N(C)C2CCNCC2)cc1[N+](=O)[O-].Cl. The molecule has 0 spiro atoms. The Balaban J connectivity index is 0.00000264. The third kappa shape index (κ3) is 4.13. The molecule has 23 heavy (non-hydrogen) atoms. The lowest BCUT2D eigenvalue weighted by Gasteiger charge is -2.30. The largest absolute Gasteiger partial charge is 0.317 e. The summed E-state index contributed by atoms with van der Waals surface area (Å²) >= 11 is 5.96. The summed E-state index contributed by atoms with van der Waals surface area (Å²) < 4.78 is 26.7. The van der Waals surface area contributed by atoms with Gasteiger partial charge in [0.1, 0.15) is 0 Å². The average molecular weight is 384 g/mol. The van der Waals surface area contributed by atoms with E-state index in [1.807, 2.05) is 0 Å². The number of benzene rings is 1. The highest BCUT2D eigenvalue weighted by atomic mass is 35.5. The van der Waals surface area contributed by atoms with Crippen LogP contribution in [0.15, 0.2) is 17.0 Å². The Morgan fingerprint density at radius 1 is 1.35 bits per heavy atom. The molecule has 1 heterocycles. The van der Waals surface area contributed by atoms with E-state index in [9.17, 15) is 18.5 Å². The van der Waals surface area contributed by atoms with E-state index < -0.39 is 14.9 Å². The Labute approximate surface area is 146 Å². The van der Waals surface area contributed by atoms with Gasteiger partial charge in [-0.15, -0.1) is 12.4 Å². The molecule has 7 nitrogen and oxygen atoms in total. The Morgan fingerprint density at radius 3 is 2.43 bits per heavy atom. The topological polar surface area (TPSA) is 92.6 Å². The van der Waals surface area contributed by atoms with Gasteiger partial charge in [0.05, 0.1) is 14.8 Å². The quantitative estimate of drug-likeness (QED) is 0.636. The molecule has 0 bridgehead atoms. The van der Waals surface area contributed by atoms with Crippen LogP contribution >= 0.6 is 24.0 Å². The Kier molecular flexibility index (Phi) is 6.79. The van der Waals surface area contributed by atoms with Gasteiger partial charge in [-0.25, -0.2) is 8.42 Å². The molecule has 1 fully saturated rings. The van der Waals surface area contributed by atoms with Crippen molar-refractivity contribution in [2.45, 2.75) is 30.7 Å². The predicted octanol–water partition coefficient (Wildman–Crippen LogP) is 2.35. The summed E-state index contributed by atoms with van der Waals surface area (Å²) in [4.78, 5) is 10.3. The molecule has 1 aromatic carbocycles. The van der Waals surface area contributed by atoms with E-state index in [4.69, 9.17) is 11.6 Å². The highest BCUT2D eigenvalue weighted by Crippen LogP contribution is 2.31. The second kappa shape index (κ2) is 7.76. The van der Waals surface area contributed by atoms with Crippen LogP contribution in [0.2, 0.25) is 5.02 Å². The van der Waals surface area contributed by atoms with Gasteiger partial charge < -0.3 is 5.32 Å². The fourth-order valence-corrected chi connectivity index (χ4v) is 4.25. The lowest BCUT2D eigenvalue weighted by Crippen LogP contribution is -2.43. The van der Waals surface area contributed by atoms with Crippen LogP contribution in [0.3, 0.4) is 0 Å². The molecule has 1 N–H and O–H groups in total. The summed E-state index contributed by atoms with van der Waals surface area (Å²) in [5, 5.41) is 14.3. The van der Waals surface area contributed by atoms with Crippen LogP contribution in [0.5, 0.6) is 0 Å². The number of hydrogen-bond acceptors (Lipinski definition) is 5. The number of hydrogen-bond donors (Lipinski definition) is 1. The molecule has 0 unspecified atom stereocenters. The maximum absolute atomic E-state index is 12.7. The number of nitro groups is 1. The summed E-state index contributed by atoms with van der Waals surface area (Å²) in [6.45, 7) is 2.99. The normalized spacial score (nSPS) is 16.2. The van der Waals surface area contributed by atoms with E-state index in [1.165, 1.54) is 24.3 Å². The van der Waals surface area contributed by atoms with Crippen molar-refractivity contribution in [1.82, 2.24) is 9.62 Å². The molecule has 1 aliphatic heterocycles. The molecule has 1 aromatic rings. The molecule has 10 heteroatoms. The number of sulfonamides is 1. The molecule has 0 aromatic heterocycles. The van der Waals surface area contributed by atoms with Crippen LogP contribution in [-0.2, 0) is 10.0 Å². The number of nitrogens with one attached hydrogen (secondary N) is 1. The van der Waals surface area contributed by atoms with E-state index in [0.29, 0.717) is 12.8 Å². The molecule has 0 aliphatic carbocycles. The van der Waals surface area contributed by atoms with Crippen molar-refractivity contribution in [2.75, 3.05) is 20.1 Å². The molecule has 2 rings (SSSR count). The van der Waals surface area contributed by atoms with E-state index in [1.54, 1.807) is 0 Å². The van der Waals surface area contributed by atoms with Crippen molar-refractivity contribution in [1.29, 1.82) is 0 Å². The van der Waals surface area contributed by atoms with Crippen molar-refractivity contribution in [3.8, 4) is 0 Å². The average Bonchev–Trinajstić information content (AvgIpc) is 2.49. The maximum Gasteiger partial charge on any atom is 0.275 e. The third-order valence-corrected chi connectivity index (χ3v) is 6.27. The zero-order valence-electron chi connectivity index (χ0n) is 12.8. The highest BCUT2D eigenvalue weighted by molar-refractivity contribution is 7.89. The minimum Gasteiger partial charge on any atom is -0.317 e. The highest BCUT2D eigenvalue weighted by Gasteiger charge is 2.31. The zero-order chi connectivity index (χ0) is 16.5. The van der Waals surface area contributed by atoms with Gasteiger partial charge >= 0.3 is 0 Å². The summed E-state index contributed by atoms with van der Waals surface area (Å²) in [5.74, 6) is 0. The summed E-state index contributed by atoms with van der Waals surface area (Å²) in [7, 11) is -2.31. The van der Waals surface area contributed by atoms with Gasteiger partial charge in [-0.2, -0.15) is 4.31 Å². The molecule has 0 saturated carbocycles. The number of piperidine rings is 1. The Hall–Kier alpha value is -0.930. The van der Waals surface area contributed by atoms with Crippen molar-refractivity contribution in [3.05, 3.63) is 32.8 Å². The monoisotopic (exact) mass is 383 g/mol. The lowest BCUT2D eigenvalue weighted by molar-refractivity contribution is -0.385. The second-order valence-corrected chi connectivity index (χ2v) is 7.71. The van der Waals surface area contributed by atoms with E-state index in [0.717, 1.165) is 19.2 Å². The van der Waals surface area contributed by atoms with Crippen molar-refractivity contribution in [3.63, 3.8) is 0 Å². The van der Waals surface area contributed by atoms with Crippen LogP contribution in [0.25, 0.3) is 0 Å². The Morgan fingerprint density at radius 2 is 1.91 bits per heavy atom. The molecular weight excluding hydrogens is 365 g/mol. The fraction of sp³-hybridized carbons (Fsp3) is 0.538. The van der Waals surface area contributed by atoms with Gasteiger partial charge in [0.15, 0.2) is 0 Å². The first-order valence-corrected chi connectivity index (χ1v) is 8.70. The first kappa shape index (κ1) is 20.1. The molecule has 130 valence electrons. The molecule has 0 amide bonds. The van der Waals surface area contributed by atoms with Crippen LogP contribution in [0.4, 0.5) is 5.69 Å². The zero-order valence-corrected chi connectivity index (χ0v) is 15.2. The van der Waals surface area contributed by atoms with Crippen LogP contribution in [0.1, 0.15) is 18.4 Å². The van der Waals surface area contributed by atoms with Crippen LogP contribution in [0, 0.1) is 17.0 Å². The number of halogens is 2. The molecule has 0 radical (unpaired) electrons. The van der Waals surface area contributed by atoms with E-state index in [-0.39, 0.29) is 39.6 Å². The minimum atomic E-state index is -3.82. The lowest BCUT2D eigenvalue weighted by atomic mass is 10.1.